The van der Waals surface area contributed by atoms with Crippen LogP contribution in [0.4, 0.5) is 0 Å². The van der Waals surface area contributed by atoms with E-state index in [4.69, 9.17) is 5.21 Å². The predicted molar refractivity (Wildman–Crippen MR) is 60.9 cm³/mol. The van der Waals surface area contributed by atoms with Gasteiger partial charge in [0.15, 0.2) is 5.71 Å². The lowest BCUT2D eigenvalue weighted by Gasteiger charge is -2.06. The van der Waals surface area contributed by atoms with E-state index in [1.807, 2.05) is 12.1 Å². The Balaban J connectivity index is 3.01. The summed E-state index contributed by atoms with van der Waals surface area (Å²) in [4.78, 5) is 11.2. The van der Waals surface area contributed by atoms with Gasteiger partial charge in [0.2, 0.25) is 0 Å². The van der Waals surface area contributed by atoms with E-state index in [9.17, 15) is 4.79 Å². The smallest absolute Gasteiger partial charge is 0.360 e. The average Bonchev–Trinajstić information content (AvgIpc) is 2.30. The first-order chi connectivity index (χ1) is 7.60. The zero-order chi connectivity index (χ0) is 12.1. The van der Waals surface area contributed by atoms with Gasteiger partial charge in [-0.15, -0.1) is 0 Å². The zero-order valence-corrected chi connectivity index (χ0v) is 9.60. The minimum atomic E-state index is -0.653. The third-order valence-corrected chi connectivity index (χ3v) is 2.33. The van der Waals surface area contributed by atoms with Crippen LogP contribution in [0, 0.1) is 0 Å². The molecule has 0 saturated carbocycles. The summed E-state index contributed by atoms with van der Waals surface area (Å²) in [6, 6.07) is 7.27. The molecule has 0 aliphatic rings. The summed E-state index contributed by atoms with van der Waals surface area (Å²) in [6.07, 6.45) is 0. The summed E-state index contributed by atoms with van der Waals surface area (Å²) < 4.78 is 4.51. The van der Waals surface area contributed by atoms with Crippen LogP contribution in [0.1, 0.15) is 30.9 Å². The fourth-order valence-corrected chi connectivity index (χ4v) is 1.34. The number of hydrogen-bond acceptors (Lipinski definition) is 4. The van der Waals surface area contributed by atoms with E-state index in [1.54, 1.807) is 12.1 Å². The van der Waals surface area contributed by atoms with Crippen LogP contribution in [0.25, 0.3) is 0 Å². The first-order valence-corrected chi connectivity index (χ1v) is 5.00. The number of esters is 1. The molecule has 0 spiro atoms. The van der Waals surface area contributed by atoms with E-state index in [0.717, 1.165) is 5.56 Å². The van der Waals surface area contributed by atoms with Gasteiger partial charge in [-0.1, -0.05) is 43.3 Å². The van der Waals surface area contributed by atoms with E-state index in [1.165, 1.54) is 7.11 Å². The highest BCUT2D eigenvalue weighted by Gasteiger charge is 2.15. The fourth-order valence-electron chi connectivity index (χ4n) is 1.34. The standard InChI is InChI=1S/C12H15NO3/c1-8(2)9-4-6-10(7-5-9)11(13-15)12(14)16-3/h4-8,15H,1-3H3. The van der Waals surface area contributed by atoms with Crippen LogP contribution in [-0.2, 0) is 9.53 Å². The van der Waals surface area contributed by atoms with Crippen molar-refractivity contribution in [2.24, 2.45) is 5.16 Å². The fraction of sp³-hybridized carbons (Fsp3) is 0.333. The van der Waals surface area contributed by atoms with E-state index < -0.39 is 5.97 Å². The second-order valence-corrected chi connectivity index (χ2v) is 3.72. The Hall–Kier alpha value is -1.84. The molecule has 0 saturated heterocycles. The molecule has 0 amide bonds. The quantitative estimate of drug-likeness (QED) is 0.368. The van der Waals surface area contributed by atoms with Gasteiger partial charge in [-0.25, -0.2) is 4.79 Å². The molecule has 0 heterocycles. The Morgan fingerprint density at radius 1 is 1.31 bits per heavy atom. The minimum absolute atomic E-state index is 0.0854. The second-order valence-electron chi connectivity index (χ2n) is 3.72. The van der Waals surface area contributed by atoms with E-state index in [-0.39, 0.29) is 5.71 Å². The van der Waals surface area contributed by atoms with Crippen molar-refractivity contribution in [2.75, 3.05) is 7.11 Å². The summed E-state index contributed by atoms with van der Waals surface area (Å²) in [6.45, 7) is 4.16. The molecule has 0 bridgehead atoms. The zero-order valence-electron chi connectivity index (χ0n) is 9.60. The second kappa shape index (κ2) is 5.30. The summed E-state index contributed by atoms with van der Waals surface area (Å²) in [5, 5.41) is 11.7. The van der Waals surface area contributed by atoms with Crippen LogP contribution < -0.4 is 0 Å². The molecule has 16 heavy (non-hydrogen) atoms. The molecule has 1 aromatic rings. The molecule has 0 aliphatic carbocycles. The summed E-state index contributed by atoms with van der Waals surface area (Å²) >= 11 is 0. The van der Waals surface area contributed by atoms with E-state index in [0.29, 0.717) is 11.5 Å². The van der Waals surface area contributed by atoms with Crippen LogP contribution >= 0.6 is 0 Å². The number of benzene rings is 1. The molecule has 1 rings (SSSR count). The molecule has 0 fully saturated rings. The molecule has 4 heteroatoms. The average molecular weight is 221 g/mol. The third-order valence-electron chi connectivity index (χ3n) is 2.33. The SMILES string of the molecule is COC(=O)C(=NO)c1ccc(C(C)C)cc1. The predicted octanol–water partition coefficient (Wildman–Crippen LogP) is 2.16. The van der Waals surface area contributed by atoms with E-state index in [2.05, 4.69) is 23.7 Å². The molecule has 0 aromatic heterocycles. The maximum atomic E-state index is 11.2. The highest BCUT2D eigenvalue weighted by atomic mass is 16.5. The lowest BCUT2D eigenvalue weighted by Crippen LogP contribution is -2.17. The Morgan fingerprint density at radius 3 is 2.25 bits per heavy atom. The highest BCUT2D eigenvalue weighted by Crippen LogP contribution is 2.15. The molecular weight excluding hydrogens is 206 g/mol. The van der Waals surface area contributed by atoms with Gasteiger partial charge in [0, 0.05) is 5.56 Å². The lowest BCUT2D eigenvalue weighted by atomic mass is 10.0. The monoisotopic (exact) mass is 221 g/mol. The van der Waals surface area contributed by atoms with Crippen molar-refractivity contribution in [3.05, 3.63) is 35.4 Å². The molecule has 86 valence electrons. The number of carbonyl (C=O) groups excluding carboxylic acids is 1. The summed E-state index contributed by atoms with van der Waals surface area (Å²) in [5.41, 5.74) is 1.61. The summed E-state index contributed by atoms with van der Waals surface area (Å²) in [5.74, 6) is -0.235. The van der Waals surface area contributed by atoms with Crippen molar-refractivity contribution in [3.8, 4) is 0 Å². The molecule has 0 aliphatic heterocycles. The van der Waals surface area contributed by atoms with Crippen molar-refractivity contribution in [2.45, 2.75) is 19.8 Å². The first kappa shape index (κ1) is 12.2. The van der Waals surface area contributed by atoms with Gasteiger partial charge < -0.3 is 9.94 Å². The van der Waals surface area contributed by atoms with Crippen LogP contribution in [0.3, 0.4) is 0 Å². The van der Waals surface area contributed by atoms with Crippen molar-refractivity contribution in [1.82, 2.24) is 0 Å². The van der Waals surface area contributed by atoms with Gasteiger partial charge in [-0.3, -0.25) is 0 Å². The number of ether oxygens (including phenoxy) is 1. The topological polar surface area (TPSA) is 58.9 Å². The maximum Gasteiger partial charge on any atom is 0.360 e. The first-order valence-electron chi connectivity index (χ1n) is 5.00. The van der Waals surface area contributed by atoms with Crippen molar-refractivity contribution < 1.29 is 14.7 Å². The van der Waals surface area contributed by atoms with Gasteiger partial charge in [0.1, 0.15) is 0 Å². The molecule has 0 atom stereocenters. The van der Waals surface area contributed by atoms with Crippen LogP contribution in [0.2, 0.25) is 0 Å². The molecular formula is C12H15NO3. The summed E-state index contributed by atoms with van der Waals surface area (Å²) in [7, 11) is 1.25. The number of methoxy groups -OCH3 is 1. The normalized spacial score (nSPS) is 11.6. The van der Waals surface area contributed by atoms with Crippen LogP contribution in [0.5, 0.6) is 0 Å². The van der Waals surface area contributed by atoms with Gasteiger partial charge >= 0.3 is 5.97 Å². The maximum absolute atomic E-state index is 11.2. The van der Waals surface area contributed by atoms with Crippen LogP contribution in [0.15, 0.2) is 29.4 Å². The number of nitrogens with zero attached hydrogens (tertiary/aromatic N) is 1. The van der Waals surface area contributed by atoms with Gasteiger partial charge in [0.25, 0.3) is 0 Å². The lowest BCUT2D eigenvalue weighted by molar-refractivity contribution is -0.132. The Bertz CT molecular complexity index is 393. The largest absolute Gasteiger partial charge is 0.464 e. The third kappa shape index (κ3) is 2.59. The van der Waals surface area contributed by atoms with Crippen molar-refractivity contribution in [1.29, 1.82) is 0 Å². The molecule has 1 aromatic carbocycles. The number of carbonyl (C=O) groups is 1. The van der Waals surface area contributed by atoms with Gasteiger partial charge in [-0.05, 0) is 11.5 Å². The molecule has 1 N–H and O–H groups in total. The Morgan fingerprint density at radius 2 is 1.88 bits per heavy atom. The molecule has 4 nitrogen and oxygen atoms in total. The van der Waals surface area contributed by atoms with Crippen LogP contribution in [-0.4, -0.2) is 24.0 Å². The minimum Gasteiger partial charge on any atom is -0.464 e. The number of rotatable bonds is 3. The van der Waals surface area contributed by atoms with Crippen molar-refractivity contribution >= 4 is 11.7 Å². The molecule has 0 radical (unpaired) electrons. The number of hydrogen-bond donors (Lipinski definition) is 1. The Kier molecular flexibility index (Phi) is 4.05. The van der Waals surface area contributed by atoms with Gasteiger partial charge in [0.05, 0.1) is 7.11 Å². The van der Waals surface area contributed by atoms with E-state index >= 15 is 0 Å². The highest BCUT2D eigenvalue weighted by molar-refractivity contribution is 6.43. The Labute approximate surface area is 94.5 Å². The molecule has 0 unspecified atom stereocenters. The van der Waals surface area contributed by atoms with Gasteiger partial charge in [-0.2, -0.15) is 0 Å². The van der Waals surface area contributed by atoms with Crippen molar-refractivity contribution in [3.63, 3.8) is 0 Å². The number of oxime groups is 1.